The van der Waals surface area contributed by atoms with Crippen LogP contribution in [0.1, 0.15) is 18.1 Å². The number of nitro benzene ring substituents is 1. The summed E-state index contributed by atoms with van der Waals surface area (Å²) < 4.78 is 51.2. The van der Waals surface area contributed by atoms with Crippen LogP contribution in [-0.2, 0) is 15.7 Å². The Balaban J connectivity index is 1.91. The number of para-hydroxylation sites is 1. The predicted octanol–water partition coefficient (Wildman–Crippen LogP) is 5.47. The number of carbonyl (C=O) groups is 1. The molecule has 1 heterocycles. The number of nitrogens with zero attached hydrogens (tertiary/aromatic N) is 4. The molecule has 0 aliphatic carbocycles. The molecule has 0 aliphatic heterocycles. The molecule has 0 atom stereocenters. The van der Waals surface area contributed by atoms with E-state index in [1.54, 1.807) is 19.1 Å². The average molecular weight is 575 g/mol. The second kappa shape index (κ2) is 11.5. The minimum absolute atomic E-state index is 0.0510. The van der Waals surface area contributed by atoms with Crippen molar-refractivity contribution in [2.24, 2.45) is 5.10 Å². The standard InChI is InChI=1S/C26H18ClF3N4O6/c1-2-39-22(35)14-40-23-16(11-18(27)12-21(23)34(37)38)13-31-33-24(15-6-5-7-17(10-15)26(28,29)30)32-20-9-4-3-8-19(20)25(33)36/h3-13H,2,14H2,1H3. The van der Waals surface area contributed by atoms with Crippen LogP contribution in [0.2, 0.25) is 5.02 Å². The van der Waals surface area contributed by atoms with Gasteiger partial charge in [-0.15, -0.1) is 0 Å². The van der Waals surface area contributed by atoms with Crippen molar-refractivity contribution in [2.45, 2.75) is 13.1 Å². The van der Waals surface area contributed by atoms with Crippen molar-refractivity contribution in [3.05, 3.63) is 97.3 Å². The van der Waals surface area contributed by atoms with Crippen molar-refractivity contribution >= 4 is 40.4 Å². The van der Waals surface area contributed by atoms with E-state index in [1.165, 1.54) is 24.3 Å². The number of nitro groups is 1. The molecule has 14 heteroatoms. The molecule has 40 heavy (non-hydrogen) atoms. The molecular formula is C26H18ClF3N4O6. The van der Waals surface area contributed by atoms with E-state index in [0.29, 0.717) is 0 Å². The summed E-state index contributed by atoms with van der Waals surface area (Å²) in [5, 5.41) is 15.8. The van der Waals surface area contributed by atoms with Crippen molar-refractivity contribution in [2.75, 3.05) is 13.2 Å². The molecule has 0 unspecified atom stereocenters. The van der Waals surface area contributed by atoms with E-state index in [4.69, 9.17) is 21.1 Å². The zero-order chi connectivity index (χ0) is 29.0. The smallest absolute Gasteiger partial charge is 0.416 e. The predicted molar refractivity (Wildman–Crippen MR) is 140 cm³/mol. The fourth-order valence-electron chi connectivity index (χ4n) is 3.69. The van der Waals surface area contributed by atoms with Gasteiger partial charge in [0.05, 0.1) is 34.2 Å². The molecule has 0 N–H and O–H groups in total. The number of hydrogen-bond acceptors (Lipinski definition) is 8. The summed E-state index contributed by atoms with van der Waals surface area (Å²) in [4.78, 5) is 40.5. The summed E-state index contributed by atoms with van der Waals surface area (Å²) in [5.74, 6) is -1.42. The van der Waals surface area contributed by atoms with Gasteiger partial charge in [-0.3, -0.25) is 14.9 Å². The van der Waals surface area contributed by atoms with Crippen molar-refractivity contribution in [3.8, 4) is 17.1 Å². The number of ether oxygens (including phenoxy) is 2. The van der Waals surface area contributed by atoms with Gasteiger partial charge in [-0.25, -0.2) is 9.78 Å². The Labute approximate surface area is 228 Å². The highest BCUT2D eigenvalue weighted by Crippen LogP contribution is 2.34. The lowest BCUT2D eigenvalue weighted by molar-refractivity contribution is -0.385. The van der Waals surface area contributed by atoms with Gasteiger partial charge in [0.2, 0.25) is 5.75 Å². The number of benzene rings is 3. The highest BCUT2D eigenvalue weighted by atomic mass is 35.5. The molecule has 0 aliphatic rings. The maximum atomic E-state index is 13.4. The lowest BCUT2D eigenvalue weighted by Gasteiger charge is -2.12. The van der Waals surface area contributed by atoms with Gasteiger partial charge in [-0.1, -0.05) is 35.9 Å². The highest BCUT2D eigenvalue weighted by molar-refractivity contribution is 6.31. The quantitative estimate of drug-likeness (QED) is 0.118. The Morgan fingerprint density at radius 1 is 1.18 bits per heavy atom. The summed E-state index contributed by atoms with van der Waals surface area (Å²) in [5.41, 5.74) is -2.24. The lowest BCUT2D eigenvalue weighted by Crippen LogP contribution is -2.21. The van der Waals surface area contributed by atoms with E-state index in [1.807, 2.05) is 0 Å². The molecule has 1 aromatic heterocycles. The minimum atomic E-state index is -4.66. The molecule has 0 spiro atoms. The van der Waals surface area contributed by atoms with E-state index in [0.717, 1.165) is 35.2 Å². The van der Waals surface area contributed by atoms with Crippen molar-refractivity contribution in [1.82, 2.24) is 9.66 Å². The van der Waals surface area contributed by atoms with E-state index in [-0.39, 0.29) is 39.5 Å². The minimum Gasteiger partial charge on any atom is -0.474 e. The number of alkyl halides is 3. The van der Waals surface area contributed by atoms with Crippen LogP contribution >= 0.6 is 11.6 Å². The normalized spacial score (nSPS) is 11.6. The molecule has 4 rings (SSSR count). The summed E-state index contributed by atoms with van der Waals surface area (Å²) in [6.45, 7) is 0.942. The van der Waals surface area contributed by atoms with E-state index < -0.39 is 46.2 Å². The Kier molecular flexibility index (Phi) is 8.14. The first-order chi connectivity index (χ1) is 19.0. The number of carbonyl (C=O) groups excluding carboxylic acids is 1. The van der Waals surface area contributed by atoms with Crippen molar-refractivity contribution in [3.63, 3.8) is 0 Å². The maximum Gasteiger partial charge on any atom is 0.416 e. The Morgan fingerprint density at radius 2 is 1.93 bits per heavy atom. The zero-order valence-electron chi connectivity index (χ0n) is 20.5. The van der Waals surface area contributed by atoms with Crippen molar-refractivity contribution < 1.29 is 32.4 Å². The Hall–Kier alpha value is -4.78. The zero-order valence-corrected chi connectivity index (χ0v) is 21.3. The number of rotatable bonds is 8. The number of aromatic nitrogens is 2. The first-order valence-electron chi connectivity index (χ1n) is 11.5. The van der Waals surface area contributed by atoms with Gasteiger partial charge in [0.1, 0.15) is 0 Å². The fraction of sp³-hybridized carbons (Fsp3) is 0.154. The third kappa shape index (κ3) is 6.10. The van der Waals surface area contributed by atoms with Gasteiger partial charge in [-0.05, 0) is 37.3 Å². The molecule has 0 radical (unpaired) electrons. The average Bonchev–Trinajstić information content (AvgIpc) is 2.91. The third-order valence-electron chi connectivity index (χ3n) is 5.41. The molecular weight excluding hydrogens is 557 g/mol. The number of halogens is 4. The third-order valence-corrected chi connectivity index (χ3v) is 5.63. The first-order valence-corrected chi connectivity index (χ1v) is 11.9. The number of hydrogen-bond donors (Lipinski definition) is 0. The molecule has 0 saturated heterocycles. The summed E-state index contributed by atoms with van der Waals surface area (Å²) >= 11 is 6.06. The van der Waals surface area contributed by atoms with Crippen LogP contribution in [0.25, 0.3) is 22.3 Å². The Morgan fingerprint density at radius 3 is 2.62 bits per heavy atom. The van der Waals surface area contributed by atoms with Crippen LogP contribution in [0.3, 0.4) is 0 Å². The molecule has 206 valence electrons. The van der Waals surface area contributed by atoms with Crippen LogP contribution in [0, 0.1) is 10.1 Å². The number of esters is 1. The maximum absolute atomic E-state index is 13.4. The lowest BCUT2D eigenvalue weighted by atomic mass is 10.1. The van der Waals surface area contributed by atoms with Crippen LogP contribution in [0.15, 0.2) is 70.6 Å². The second-order valence-corrected chi connectivity index (χ2v) is 8.52. The van der Waals surface area contributed by atoms with Crippen LogP contribution in [0.5, 0.6) is 5.75 Å². The summed E-state index contributed by atoms with van der Waals surface area (Å²) in [6.07, 6.45) is -3.67. The first kappa shape index (κ1) is 28.2. The molecule has 0 amide bonds. The van der Waals surface area contributed by atoms with Gasteiger partial charge >= 0.3 is 17.8 Å². The number of fused-ring (bicyclic) bond motifs is 1. The van der Waals surface area contributed by atoms with Gasteiger partial charge < -0.3 is 9.47 Å². The highest BCUT2D eigenvalue weighted by Gasteiger charge is 2.31. The van der Waals surface area contributed by atoms with E-state index in [2.05, 4.69) is 10.1 Å². The van der Waals surface area contributed by atoms with E-state index in [9.17, 15) is 32.9 Å². The summed E-state index contributed by atoms with van der Waals surface area (Å²) in [6, 6.07) is 12.6. The molecule has 0 fully saturated rings. The summed E-state index contributed by atoms with van der Waals surface area (Å²) in [7, 11) is 0. The molecule has 10 nitrogen and oxygen atoms in total. The second-order valence-electron chi connectivity index (χ2n) is 8.09. The molecule has 0 saturated carbocycles. The van der Waals surface area contributed by atoms with Gasteiger partial charge in [0.25, 0.3) is 5.56 Å². The van der Waals surface area contributed by atoms with E-state index >= 15 is 0 Å². The fourth-order valence-corrected chi connectivity index (χ4v) is 3.92. The molecule has 0 bridgehead atoms. The largest absolute Gasteiger partial charge is 0.474 e. The molecule has 4 aromatic rings. The topological polar surface area (TPSA) is 126 Å². The van der Waals surface area contributed by atoms with Crippen LogP contribution < -0.4 is 10.3 Å². The van der Waals surface area contributed by atoms with Crippen molar-refractivity contribution in [1.29, 1.82) is 0 Å². The van der Waals surface area contributed by atoms with Gasteiger partial charge in [0, 0.05) is 22.2 Å². The van der Waals surface area contributed by atoms with Gasteiger partial charge in [-0.2, -0.15) is 22.9 Å². The van der Waals surface area contributed by atoms with Crippen LogP contribution in [0.4, 0.5) is 18.9 Å². The SMILES string of the molecule is CCOC(=O)COc1c(C=Nn2c(-c3cccc(C(F)(F)F)c3)nc3ccccc3c2=O)cc(Cl)cc1[N+](=O)[O-]. The Bertz CT molecular complexity index is 1700. The van der Waals surface area contributed by atoms with Gasteiger partial charge in [0.15, 0.2) is 12.4 Å². The van der Waals surface area contributed by atoms with Crippen LogP contribution in [-0.4, -0.2) is 40.0 Å². The molecule has 3 aromatic carbocycles. The monoisotopic (exact) mass is 574 g/mol.